The Kier molecular flexibility index (Phi) is 6.71. The summed E-state index contributed by atoms with van der Waals surface area (Å²) in [6.45, 7) is 0. The van der Waals surface area contributed by atoms with Crippen LogP contribution in [0.25, 0.3) is 0 Å². The maximum absolute atomic E-state index is 12.9. The molecule has 0 aliphatic rings. The van der Waals surface area contributed by atoms with Crippen molar-refractivity contribution in [2.24, 2.45) is 0 Å². The molecule has 3 aromatic rings. The molecule has 0 fully saturated rings. The van der Waals surface area contributed by atoms with E-state index >= 15 is 0 Å². The Morgan fingerprint density at radius 3 is 1.69 bits per heavy atom. The molecule has 0 unspecified atom stereocenters. The number of amides is 1. The lowest BCUT2D eigenvalue weighted by Crippen LogP contribution is -2.49. The first-order chi connectivity index (χ1) is 14.0. The lowest BCUT2D eigenvalue weighted by molar-refractivity contribution is -0.120. The second-order valence-corrected chi connectivity index (χ2v) is 8.21. The maximum Gasteiger partial charge on any atom is 0.257 e. The molecular weight excluding hydrogens is 406 g/mol. The Labute approximate surface area is 175 Å². The number of benzene rings is 3. The van der Waals surface area contributed by atoms with E-state index in [0.717, 1.165) is 11.1 Å². The van der Waals surface area contributed by atoms with Crippen LogP contribution in [0.3, 0.4) is 0 Å². The maximum atomic E-state index is 12.9. The monoisotopic (exact) mass is 425 g/mol. The van der Waals surface area contributed by atoms with Gasteiger partial charge in [-0.1, -0.05) is 78.9 Å². The Hall–Kier alpha value is -3.07. The van der Waals surface area contributed by atoms with Crippen LogP contribution in [0.4, 0.5) is 0 Å². The van der Waals surface area contributed by atoms with E-state index in [1.165, 1.54) is 12.1 Å². The van der Waals surface area contributed by atoms with Crippen LogP contribution in [0.15, 0.2) is 95.9 Å². The number of carbonyl (C=O) groups is 1. The van der Waals surface area contributed by atoms with E-state index in [1.807, 2.05) is 60.7 Å². The average Bonchev–Trinajstić information content (AvgIpc) is 2.75. The molecule has 0 saturated heterocycles. The summed E-state index contributed by atoms with van der Waals surface area (Å²) in [6.07, 6.45) is 0. The van der Waals surface area contributed by atoms with Crippen molar-refractivity contribution in [3.8, 4) is 0 Å². The third-order valence-corrected chi connectivity index (χ3v) is 5.58. The third kappa shape index (κ3) is 5.47. The molecule has 8 heteroatoms. The van der Waals surface area contributed by atoms with Crippen molar-refractivity contribution < 1.29 is 13.2 Å². The molecule has 0 radical (unpaired) electrons. The van der Waals surface area contributed by atoms with Crippen molar-refractivity contribution in [2.45, 2.75) is 10.8 Å². The molecule has 6 nitrogen and oxygen atoms in total. The number of thiocarbonyl (C=S) groups is 1. The van der Waals surface area contributed by atoms with Crippen molar-refractivity contribution in [3.05, 3.63) is 102 Å². The number of nitrogens with one attached hydrogen (secondary N) is 3. The molecule has 1 amide bonds. The smallest absolute Gasteiger partial charge is 0.257 e. The molecule has 29 heavy (non-hydrogen) atoms. The Morgan fingerprint density at radius 1 is 0.759 bits per heavy atom. The molecule has 0 saturated carbocycles. The molecule has 0 aliphatic carbocycles. The molecule has 3 N–H and O–H groups in total. The first-order valence-corrected chi connectivity index (χ1v) is 10.6. The van der Waals surface area contributed by atoms with E-state index in [2.05, 4.69) is 15.6 Å². The summed E-state index contributed by atoms with van der Waals surface area (Å²) in [4.78, 5) is 15.2. The van der Waals surface area contributed by atoms with Gasteiger partial charge in [0, 0.05) is 0 Å². The second-order valence-electron chi connectivity index (χ2n) is 6.12. The van der Waals surface area contributed by atoms with Gasteiger partial charge in [0.2, 0.25) is 5.91 Å². The molecule has 148 valence electrons. The van der Waals surface area contributed by atoms with Gasteiger partial charge < -0.3 is 5.32 Å². The van der Waals surface area contributed by atoms with Gasteiger partial charge in [0.1, 0.15) is 0 Å². The normalized spacial score (nSPS) is 11.1. The molecule has 0 atom stereocenters. The predicted octanol–water partition coefficient (Wildman–Crippen LogP) is 2.70. The molecule has 0 bridgehead atoms. The highest BCUT2D eigenvalue weighted by atomic mass is 32.2. The topological polar surface area (TPSA) is 87.3 Å². The minimum Gasteiger partial charge on any atom is -0.301 e. The summed E-state index contributed by atoms with van der Waals surface area (Å²) in [7, 11) is -3.82. The van der Waals surface area contributed by atoms with E-state index in [0.29, 0.717) is 0 Å². The summed E-state index contributed by atoms with van der Waals surface area (Å²) in [5.74, 6) is -0.971. The molecule has 0 aliphatic heterocycles. The van der Waals surface area contributed by atoms with Gasteiger partial charge >= 0.3 is 0 Å². The summed E-state index contributed by atoms with van der Waals surface area (Å²) in [6, 6.07) is 26.4. The SMILES string of the molecule is O=C(NC(=S)NNS(=O)(=O)c1ccccc1)C(c1ccccc1)c1ccccc1. The van der Waals surface area contributed by atoms with Crippen LogP contribution in [-0.4, -0.2) is 19.4 Å². The third-order valence-electron chi connectivity index (χ3n) is 4.12. The standard InChI is InChI=1S/C21H19N3O3S2/c25-20(19(16-10-4-1-5-11-16)17-12-6-2-7-13-17)22-21(28)23-24-29(26,27)18-14-8-3-9-15-18/h1-15,19,24H,(H2,22,23,25,28). The lowest BCUT2D eigenvalue weighted by atomic mass is 9.90. The number of carbonyl (C=O) groups excluding carboxylic acids is 1. The van der Waals surface area contributed by atoms with Gasteiger partial charge in [0.15, 0.2) is 5.11 Å². The van der Waals surface area contributed by atoms with Gasteiger partial charge in [0.05, 0.1) is 10.8 Å². The van der Waals surface area contributed by atoms with Crippen molar-refractivity contribution in [3.63, 3.8) is 0 Å². The molecule has 0 spiro atoms. The van der Waals surface area contributed by atoms with Gasteiger partial charge in [-0.3, -0.25) is 10.2 Å². The van der Waals surface area contributed by atoms with Crippen molar-refractivity contribution in [2.75, 3.05) is 0 Å². The minimum absolute atomic E-state index is 0.0769. The average molecular weight is 426 g/mol. The van der Waals surface area contributed by atoms with Crippen LogP contribution >= 0.6 is 12.2 Å². The zero-order valence-electron chi connectivity index (χ0n) is 15.3. The highest BCUT2D eigenvalue weighted by molar-refractivity contribution is 7.89. The fraction of sp³-hybridized carbons (Fsp3) is 0.0476. The highest BCUT2D eigenvalue weighted by Gasteiger charge is 2.23. The van der Waals surface area contributed by atoms with E-state index in [1.54, 1.807) is 18.2 Å². The Balaban J connectivity index is 1.70. The summed E-state index contributed by atoms with van der Waals surface area (Å²) in [5.41, 5.74) is 3.96. The Bertz CT molecular complexity index is 1030. The second kappa shape index (κ2) is 9.42. The van der Waals surface area contributed by atoms with Gasteiger partial charge in [-0.2, -0.15) is 0 Å². The largest absolute Gasteiger partial charge is 0.301 e. The molecule has 3 aromatic carbocycles. The van der Waals surface area contributed by atoms with Crippen LogP contribution in [-0.2, 0) is 14.8 Å². The van der Waals surface area contributed by atoms with Gasteiger partial charge in [-0.25, -0.2) is 8.42 Å². The lowest BCUT2D eigenvalue weighted by Gasteiger charge is -2.18. The van der Waals surface area contributed by atoms with E-state index in [9.17, 15) is 13.2 Å². The summed E-state index contributed by atoms with van der Waals surface area (Å²) < 4.78 is 24.5. The number of sulfonamides is 1. The number of hydrogen-bond acceptors (Lipinski definition) is 4. The van der Waals surface area contributed by atoms with Crippen LogP contribution in [0.2, 0.25) is 0 Å². The van der Waals surface area contributed by atoms with Crippen LogP contribution in [0.1, 0.15) is 17.0 Å². The number of rotatable bonds is 6. The quantitative estimate of drug-likeness (QED) is 0.418. The van der Waals surface area contributed by atoms with E-state index in [-0.39, 0.29) is 15.9 Å². The first kappa shape index (κ1) is 20.7. The predicted molar refractivity (Wildman–Crippen MR) is 115 cm³/mol. The van der Waals surface area contributed by atoms with Gasteiger partial charge in [0.25, 0.3) is 10.0 Å². The fourth-order valence-electron chi connectivity index (χ4n) is 2.77. The fourth-order valence-corrected chi connectivity index (χ4v) is 3.86. The number of hydrazine groups is 1. The first-order valence-electron chi connectivity index (χ1n) is 8.75. The zero-order chi connectivity index (χ0) is 20.7. The van der Waals surface area contributed by atoms with Crippen LogP contribution in [0.5, 0.6) is 0 Å². The minimum atomic E-state index is -3.82. The van der Waals surface area contributed by atoms with Gasteiger partial charge in [-0.15, -0.1) is 4.83 Å². The van der Waals surface area contributed by atoms with Crippen LogP contribution in [0, 0.1) is 0 Å². The Morgan fingerprint density at radius 2 is 1.21 bits per heavy atom. The molecular formula is C21H19N3O3S2. The molecule has 3 rings (SSSR count). The van der Waals surface area contributed by atoms with E-state index in [4.69, 9.17) is 12.2 Å². The molecule has 0 aromatic heterocycles. The molecule has 0 heterocycles. The summed E-state index contributed by atoms with van der Waals surface area (Å²) in [5, 5.41) is 2.41. The zero-order valence-corrected chi connectivity index (χ0v) is 16.9. The van der Waals surface area contributed by atoms with E-state index < -0.39 is 15.9 Å². The number of hydrogen-bond donors (Lipinski definition) is 3. The van der Waals surface area contributed by atoms with Crippen molar-refractivity contribution in [1.82, 2.24) is 15.6 Å². The highest BCUT2D eigenvalue weighted by Crippen LogP contribution is 2.24. The van der Waals surface area contributed by atoms with Crippen molar-refractivity contribution >= 4 is 33.3 Å². The summed E-state index contributed by atoms with van der Waals surface area (Å²) >= 11 is 5.10. The van der Waals surface area contributed by atoms with Crippen molar-refractivity contribution in [1.29, 1.82) is 0 Å². The van der Waals surface area contributed by atoms with Gasteiger partial charge in [-0.05, 0) is 35.5 Å². The van der Waals surface area contributed by atoms with Crippen LogP contribution < -0.4 is 15.6 Å².